The molecule has 3 rings (SSSR count). The number of benzene rings is 1. The quantitative estimate of drug-likeness (QED) is 0.838. The molecular formula is C17H25NO4S. The van der Waals surface area contributed by atoms with Crippen molar-refractivity contribution in [2.45, 2.75) is 25.8 Å². The summed E-state index contributed by atoms with van der Waals surface area (Å²) in [6, 6.07) is 4.16. The van der Waals surface area contributed by atoms with Crippen molar-refractivity contribution in [1.29, 1.82) is 0 Å². The van der Waals surface area contributed by atoms with Gasteiger partial charge in [0.15, 0.2) is 11.5 Å². The van der Waals surface area contributed by atoms with Crippen molar-refractivity contribution < 1.29 is 17.9 Å². The second-order valence-corrected chi connectivity index (χ2v) is 8.86. The van der Waals surface area contributed by atoms with E-state index in [0.29, 0.717) is 17.4 Å². The summed E-state index contributed by atoms with van der Waals surface area (Å²) in [5.74, 6) is 2.77. The molecule has 0 aromatic heterocycles. The standard InChI is InChI=1S/C17H25NO4S/c1-21-16-9-14-3-6-18(12-15(14)10-17(16)22-2)11-13-4-7-23(19,20)8-5-13/h9-10,13H,3-8,11-12H2,1-2H3. The van der Waals surface area contributed by atoms with Crippen LogP contribution in [-0.4, -0.2) is 52.1 Å². The van der Waals surface area contributed by atoms with E-state index in [0.717, 1.165) is 50.4 Å². The Kier molecular flexibility index (Phi) is 4.82. The molecule has 1 aromatic carbocycles. The van der Waals surface area contributed by atoms with Crippen LogP contribution in [0.4, 0.5) is 0 Å². The van der Waals surface area contributed by atoms with Crippen molar-refractivity contribution in [3.8, 4) is 11.5 Å². The van der Waals surface area contributed by atoms with Gasteiger partial charge in [-0.3, -0.25) is 4.90 Å². The van der Waals surface area contributed by atoms with Gasteiger partial charge in [-0.1, -0.05) is 0 Å². The molecule has 0 bridgehead atoms. The van der Waals surface area contributed by atoms with Gasteiger partial charge < -0.3 is 9.47 Å². The van der Waals surface area contributed by atoms with E-state index in [4.69, 9.17) is 9.47 Å². The summed E-state index contributed by atoms with van der Waals surface area (Å²) in [4.78, 5) is 2.44. The fraction of sp³-hybridized carbons (Fsp3) is 0.647. The molecule has 1 aromatic rings. The van der Waals surface area contributed by atoms with Gasteiger partial charge >= 0.3 is 0 Å². The normalized spacial score (nSPS) is 21.7. The number of nitrogens with zero attached hydrogens (tertiary/aromatic N) is 1. The second-order valence-electron chi connectivity index (χ2n) is 6.56. The molecule has 0 unspecified atom stereocenters. The van der Waals surface area contributed by atoms with Crippen molar-refractivity contribution in [2.24, 2.45) is 5.92 Å². The SMILES string of the molecule is COc1cc2c(cc1OC)CN(CC1CCS(=O)(=O)CC1)CC2. The van der Waals surface area contributed by atoms with E-state index < -0.39 is 9.84 Å². The van der Waals surface area contributed by atoms with Gasteiger partial charge in [-0.25, -0.2) is 8.42 Å². The van der Waals surface area contributed by atoms with Gasteiger partial charge in [-0.2, -0.15) is 0 Å². The zero-order valence-corrected chi connectivity index (χ0v) is 14.7. The first-order valence-corrected chi connectivity index (χ1v) is 9.99. The van der Waals surface area contributed by atoms with Crippen LogP contribution in [0.15, 0.2) is 12.1 Å². The van der Waals surface area contributed by atoms with Gasteiger partial charge in [-0.15, -0.1) is 0 Å². The van der Waals surface area contributed by atoms with Crippen LogP contribution in [0, 0.1) is 5.92 Å². The fourth-order valence-electron chi connectivity index (χ4n) is 3.58. The topological polar surface area (TPSA) is 55.8 Å². The molecule has 128 valence electrons. The Hall–Kier alpha value is -1.27. The summed E-state index contributed by atoms with van der Waals surface area (Å²) in [5, 5.41) is 0. The summed E-state index contributed by atoms with van der Waals surface area (Å²) in [5.41, 5.74) is 2.61. The first-order valence-electron chi connectivity index (χ1n) is 8.17. The average Bonchev–Trinajstić information content (AvgIpc) is 2.55. The van der Waals surface area contributed by atoms with Gasteiger partial charge in [0.25, 0.3) is 0 Å². The predicted octanol–water partition coefficient (Wildman–Crippen LogP) is 1.89. The highest BCUT2D eigenvalue weighted by atomic mass is 32.2. The summed E-state index contributed by atoms with van der Waals surface area (Å²) < 4.78 is 33.9. The number of ether oxygens (including phenoxy) is 2. The van der Waals surface area contributed by atoms with Crippen molar-refractivity contribution >= 4 is 9.84 Å². The Morgan fingerprint density at radius 1 is 1.09 bits per heavy atom. The molecule has 5 nitrogen and oxygen atoms in total. The number of rotatable bonds is 4. The van der Waals surface area contributed by atoms with E-state index in [1.165, 1.54) is 11.1 Å². The van der Waals surface area contributed by atoms with E-state index in [9.17, 15) is 8.42 Å². The van der Waals surface area contributed by atoms with Gasteiger partial charge in [0, 0.05) is 19.6 Å². The number of hydrogen-bond donors (Lipinski definition) is 0. The third kappa shape index (κ3) is 3.80. The highest BCUT2D eigenvalue weighted by Crippen LogP contribution is 2.33. The molecule has 23 heavy (non-hydrogen) atoms. The highest BCUT2D eigenvalue weighted by Gasteiger charge is 2.27. The smallest absolute Gasteiger partial charge is 0.161 e. The second kappa shape index (κ2) is 6.69. The zero-order valence-electron chi connectivity index (χ0n) is 13.9. The molecule has 0 amide bonds. The molecule has 0 N–H and O–H groups in total. The minimum atomic E-state index is -2.77. The molecular weight excluding hydrogens is 314 g/mol. The zero-order chi connectivity index (χ0) is 16.4. The molecule has 0 saturated carbocycles. The Labute approximate surface area is 138 Å². The fourth-order valence-corrected chi connectivity index (χ4v) is 5.17. The molecule has 0 atom stereocenters. The van der Waals surface area contributed by atoms with E-state index in [1.807, 2.05) is 0 Å². The lowest BCUT2D eigenvalue weighted by molar-refractivity contribution is 0.205. The Morgan fingerprint density at radius 3 is 2.30 bits per heavy atom. The lowest BCUT2D eigenvalue weighted by atomic mass is 9.96. The lowest BCUT2D eigenvalue weighted by Gasteiger charge is -2.33. The summed E-state index contributed by atoms with van der Waals surface area (Å²) in [6.07, 6.45) is 2.61. The molecule has 0 radical (unpaired) electrons. The van der Waals surface area contributed by atoms with Crippen LogP contribution >= 0.6 is 0 Å². The Bertz CT molecular complexity index is 657. The molecule has 2 heterocycles. The van der Waals surface area contributed by atoms with Crippen LogP contribution in [0.25, 0.3) is 0 Å². The third-order valence-electron chi connectivity index (χ3n) is 4.99. The predicted molar refractivity (Wildman–Crippen MR) is 89.9 cm³/mol. The van der Waals surface area contributed by atoms with Crippen molar-refractivity contribution in [3.05, 3.63) is 23.3 Å². The van der Waals surface area contributed by atoms with Crippen LogP contribution in [0.1, 0.15) is 24.0 Å². The van der Waals surface area contributed by atoms with Crippen LogP contribution in [0.5, 0.6) is 11.5 Å². The number of fused-ring (bicyclic) bond motifs is 1. The molecule has 1 fully saturated rings. The maximum Gasteiger partial charge on any atom is 0.161 e. The first kappa shape index (κ1) is 16.6. The van der Waals surface area contributed by atoms with Crippen molar-refractivity contribution in [1.82, 2.24) is 4.90 Å². The number of hydrogen-bond acceptors (Lipinski definition) is 5. The van der Waals surface area contributed by atoms with Crippen LogP contribution in [0.2, 0.25) is 0 Å². The van der Waals surface area contributed by atoms with Gasteiger partial charge in [0.05, 0.1) is 25.7 Å². The molecule has 0 aliphatic carbocycles. The van der Waals surface area contributed by atoms with Crippen LogP contribution < -0.4 is 9.47 Å². The van der Waals surface area contributed by atoms with Crippen molar-refractivity contribution in [3.63, 3.8) is 0 Å². The molecule has 2 aliphatic heterocycles. The number of sulfone groups is 1. The molecule has 2 aliphatic rings. The van der Waals surface area contributed by atoms with Gasteiger partial charge in [0.1, 0.15) is 9.84 Å². The summed E-state index contributed by atoms with van der Waals surface area (Å²) >= 11 is 0. The van der Waals surface area contributed by atoms with Crippen LogP contribution in [-0.2, 0) is 22.8 Å². The van der Waals surface area contributed by atoms with E-state index >= 15 is 0 Å². The van der Waals surface area contributed by atoms with Gasteiger partial charge in [-0.05, 0) is 48.4 Å². The van der Waals surface area contributed by atoms with Crippen LogP contribution in [0.3, 0.4) is 0 Å². The first-order chi connectivity index (χ1) is 11.0. The Balaban J connectivity index is 1.66. The highest BCUT2D eigenvalue weighted by molar-refractivity contribution is 7.91. The summed E-state index contributed by atoms with van der Waals surface area (Å²) in [6.45, 7) is 2.91. The van der Waals surface area contributed by atoms with E-state index in [2.05, 4.69) is 17.0 Å². The maximum atomic E-state index is 11.5. The summed E-state index contributed by atoms with van der Waals surface area (Å²) in [7, 11) is 0.552. The Morgan fingerprint density at radius 2 is 1.70 bits per heavy atom. The average molecular weight is 339 g/mol. The van der Waals surface area contributed by atoms with E-state index in [-0.39, 0.29) is 0 Å². The minimum absolute atomic E-state index is 0.354. The van der Waals surface area contributed by atoms with E-state index in [1.54, 1.807) is 14.2 Å². The molecule has 6 heteroatoms. The third-order valence-corrected chi connectivity index (χ3v) is 6.70. The monoisotopic (exact) mass is 339 g/mol. The number of methoxy groups -OCH3 is 2. The molecule has 0 spiro atoms. The van der Waals surface area contributed by atoms with Gasteiger partial charge in [0.2, 0.25) is 0 Å². The maximum absolute atomic E-state index is 11.5. The largest absolute Gasteiger partial charge is 0.493 e. The lowest BCUT2D eigenvalue weighted by Crippen LogP contribution is -2.37. The van der Waals surface area contributed by atoms with Crippen molar-refractivity contribution in [2.75, 3.05) is 38.8 Å². The molecule has 1 saturated heterocycles. The minimum Gasteiger partial charge on any atom is -0.493 e.